The number of hydrogen-bond donors (Lipinski definition) is 1. The minimum Gasteiger partial charge on any atom is -0.496 e. The van der Waals surface area contributed by atoms with Gasteiger partial charge in [-0.2, -0.15) is 0 Å². The minimum atomic E-state index is -0.582. The van der Waals surface area contributed by atoms with Crippen LogP contribution >= 0.6 is 0 Å². The highest BCUT2D eigenvalue weighted by Gasteiger charge is 2.20. The molecule has 0 aliphatic heterocycles. The summed E-state index contributed by atoms with van der Waals surface area (Å²) in [5.41, 5.74) is 0.878. The predicted octanol–water partition coefficient (Wildman–Crippen LogP) is 4.80. The molecule has 0 bridgehead atoms. The van der Waals surface area contributed by atoms with E-state index >= 15 is 4.39 Å². The zero-order valence-electron chi connectivity index (χ0n) is 14.5. The van der Waals surface area contributed by atoms with Crippen molar-refractivity contribution >= 4 is 11.6 Å². The predicted molar refractivity (Wildman–Crippen MR) is 97.6 cm³/mol. The van der Waals surface area contributed by atoms with Crippen LogP contribution in [0.4, 0.5) is 10.1 Å². The number of benzene rings is 2. The first-order valence-corrected chi connectivity index (χ1v) is 8.14. The fourth-order valence-electron chi connectivity index (χ4n) is 2.39. The third-order valence-electron chi connectivity index (χ3n) is 3.68. The second-order valence-electron chi connectivity index (χ2n) is 5.40. The number of carbonyl (C=O) groups excluding carboxylic acids is 1. The Hall–Kier alpha value is -2.82. The number of unbranched alkanes of at least 4 members (excludes halogenated alkanes) is 1. The van der Waals surface area contributed by atoms with Crippen LogP contribution in [0, 0.1) is 5.82 Å². The van der Waals surface area contributed by atoms with E-state index in [2.05, 4.69) is 18.8 Å². The lowest BCUT2D eigenvalue weighted by atomic mass is 10.0. The van der Waals surface area contributed by atoms with Crippen LogP contribution in [-0.4, -0.2) is 19.6 Å². The van der Waals surface area contributed by atoms with Crippen LogP contribution in [-0.2, 0) is 4.79 Å². The van der Waals surface area contributed by atoms with E-state index in [1.807, 2.05) is 6.07 Å². The van der Waals surface area contributed by atoms with Gasteiger partial charge >= 0.3 is 0 Å². The van der Waals surface area contributed by atoms with E-state index in [1.165, 1.54) is 13.2 Å². The first kappa shape index (κ1) is 18.5. The SMILES string of the molecule is C=CC(=O)Nc1ccc(OC)c(-c2ccccc2OCCCC)c1F. The summed E-state index contributed by atoms with van der Waals surface area (Å²) in [7, 11) is 1.47. The van der Waals surface area contributed by atoms with Crippen LogP contribution in [0.1, 0.15) is 19.8 Å². The first-order chi connectivity index (χ1) is 12.1. The second kappa shape index (κ2) is 8.87. The highest BCUT2D eigenvalue weighted by atomic mass is 19.1. The van der Waals surface area contributed by atoms with Crippen molar-refractivity contribution in [3.8, 4) is 22.6 Å². The summed E-state index contributed by atoms with van der Waals surface area (Å²) in [5, 5.41) is 2.46. The lowest BCUT2D eigenvalue weighted by Crippen LogP contribution is -2.10. The van der Waals surface area contributed by atoms with Crippen LogP contribution in [0.25, 0.3) is 11.1 Å². The van der Waals surface area contributed by atoms with Gasteiger partial charge in [0, 0.05) is 5.56 Å². The summed E-state index contributed by atoms with van der Waals surface area (Å²) in [6.07, 6.45) is 3.00. The molecule has 132 valence electrons. The van der Waals surface area contributed by atoms with Gasteiger partial charge in [0.05, 0.1) is 25.0 Å². The zero-order chi connectivity index (χ0) is 18.2. The van der Waals surface area contributed by atoms with E-state index in [1.54, 1.807) is 24.3 Å². The van der Waals surface area contributed by atoms with Crippen molar-refractivity contribution in [3.05, 3.63) is 54.9 Å². The average Bonchev–Trinajstić information content (AvgIpc) is 2.64. The number of halogens is 1. The van der Waals surface area contributed by atoms with Gasteiger partial charge in [0.25, 0.3) is 0 Å². The number of ether oxygens (including phenoxy) is 2. The molecule has 0 aromatic heterocycles. The number of carbonyl (C=O) groups is 1. The van der Waals surface area contributed by atoms with Crippen LogP contribution in [0.2, 0.25) is 0 Å². The molecule has 0 unspecified atom stereocenters. The Labute approximate surface area is 147 Å². The number of hydrogen-bond acceptors (Lipinski definition) is 3. The molecule has 0 radical (unpaired) electrons. The molecule has 1 N–H and O–H groups in total. The van der Waals surface area contributed by atoms with Crippen molar-refractivity contribution in [1.29, 1.82) is 0 Å². The average molecular weight is 343 g/mol. The van der Waals surface area contributed by atoms with Gasteiger partial charge in [-0.1, -0.05) is 38.1 Å². The number of para-hydroxylation sites is 1. The third kappa shape index (κ3) is 4.38. The maximum atomic E-state index is 15.1. The van der Waals surface area contributed by atoms with Crippen molar-refractivity contribution in [2.24, 2.45) is 0 Å². The van der Waals surface area contributed by atoms with E-state index in [0.29, 0.717) is 23.7 Å². The number of anilines is 1. The molecule has 5 heteroatoms. The van der Waals surface area contributed by atoms with E-state index in [4.69, 9.17) is 9.47 Å². The molecule has 0 aliphatic carbocycles. The topological polar surface area (TPSA) is 47.6 Å². The lowest BCUT2D eigenvalue weighted by Gasteiger charge is -2.16. The van der Waals surface area contributed by atoms with E-state index in [9.17, 15) is 4.79 Å². The summed E-state index contributed by atoms with van der Waals surface area (Å²) in [6, 6.07) is 10.3. The van der Waals surface area contributed by atoms with Gasteiger partial charge in [0.1, 0.15) is 11.5 Å². The van der Waals surface area contributed by atoms with Crippen molar-refractivity contribution in [2.75, 3.05) is 19.0 Å². The van der Waals surface area contributed by atoms with Gasteiger partial charge in [0.2, 0.25) is 5.91 Å². The number of methoxy groups -OCH3 is 1. The van der Waals surface area contributed by atoms with E-state index < -0.39 is 11.7 Å². The van der Waals surface area contributed by atoms with Crippen molar-refractivity contribution in [2.45, 2.75) is 19.8 Å². The molecule has 0 atom stereocenters. The van der Waals surface area contributed by atoms with Crippen molar-refractivity contribution in [1.82, 2.24) is 0 Å². The fraction of sp³-hybridized carbons (Fsp3) is 0.250. The highest BCUT2D eigenvalue weighted by molar-refractivity contribution is 5.99. The van der Waals surface area contributed by atoms with Gasteiger partial charge in [-0.3, -0.25) is 4.79 Å². The molecule has 0 aliphatic rings. The molecular formula is C20H22FNO3. The summed E-state index contributed by atoms with van der Waals surface area (Å²) in [6.45, 7) is 6.00. The third-order valence-corrected chi connectivity index (χ3v) is 3.68. The Kier molecular flexibility index (Phi) is 6.57. The first-order valence-electron chi connectivity index (χ1n) is 8.14. The number of rotatable bonds is 8. The molecule has 0 heterocycles. The summed E-state index contributed by atoms with van der Waals surface area (Å²) in [5.74, 6) is -0.135. The van der Waals surface area contributed by atoms with Crippen LogP contribution < -0.4 is 14.8 Å². The summed E-state index contributed by atoms with van der Waals surface area (Å²) < 4.78 is 26.2. The monoisotopic (exact) mass is 343 g/mol. The van der Waals surface area contributed by atoms with Crippen molar-refractivity contribution < 1.29 is 18.7 Å². The molecule has 25 heavy (non-hydrogen) atoms. The van der Waals surface area contributed by atoms with Gasteiger partial charge in [-0.05, 0) is 30.7 Å². The maximum absolute atomic E-state index is 15.1. The Balaban J connectivity index is 2.52. The molecule has 2 aromatic rings. The number of amides is 1. The number of nitrogens with one attached hydrogen (secondary N) is 1. The summed E-state index contributed by atoms with van der Waals surface area (Å²) >= 11 is 0. The Morgan fingerprint density at radius 2 is 2.00 bits per heavy atom. The molecule has 0 fully saturated rings. The zero-order valence-corrected chi connectivity index (χ0v) is 14.5. The molecule has 4 nitrogen and oxygen atoms in total. The maximum Gasteiger partial charge on any atom is 0.247 e. The van der Waals surface area contributed by atoms with Crippen LogP contribution in [0.5, 0.6) is 11.5 Å². The van der Waals surface area contributed by atoms with Gasteiger partial charge in [0.15, 0.2) is 5.82 Å². The smallest absolute Gasteiger partial charge is 0.247 e. The molecule has 0 saturated heterocycles. The highest BCUT2D eigenvalue weighted by Crippen LogP contribution is 2.40. The molecule has 0 saturated carbocycles. The van der Waals surface area contributed by atoms with Crippen LogP contribution in [0.3, 0.4) is 0 Å². The second-order valence-corrected chi connectivity index (χ2v) is 5.40. The summed E-state index contributed by atoms with van der Waals surface area (Å²) in [4.78, 5) is 11.5. The lowest BCUT2D eigenvalue weighted by molar-refractivity contribution is -0.111. The van der Waals surface area contributed by atoms with Gasteiger partial charge in [-0.25, -0.2) is 4.39 Å². The molecule has 0 spiro atoms. The molecule has 1 amide bonds. The minimum absolute atomic E-state index is 0.0593. The Bertz CT molecular complexity index is 759. The molecule has 2 rings (SSSR count). The van der Waals surface area contributed by atoms with E-state index in [0.717, 1.165) is 18.9 Å². The van der Waals surface area contributed by atoms with Crippen LogP contribution in [0.15, 0.2) is 49.1 Å². The van der Waals surface area contributed by atoms with E-state index in [-0.39, 0.29) is 11.3 Å². The normalized spacial score (nSPS) is 10.2. The quantitative estimate of drug-likeness (QED) is 0.553. The van der Waals surface area contributed by atoms with Crippen molar-refractivity contribution in [3.63, 3.8) is 0 Å². The van der Waals surface area contributed by atoms with Gasteiger partial charge < -0.3 is 14.8 Å². The molecular weight excluding hydrogens is 321 g/mol. The fourth-order valence-corrected chi connectivity index (χ4v) is 2.39. The standard InChI is InChI=1S/C20H22FNO3/c1-4-6-13-25-16-10-8-7-9-14(16)19-17(24-3)12-11-15(20(19)21)22-18(23)5-2/h5,7-12H,2,4,6,13H2,1,3H3,(H,22,23). The molecule has 2 aromatic carbocycles. The Morgan fingerprint density at radius 1 is 1.24 bits per heavy atom. The van der Waals surface area contributed by atoms with Gasteiger partial charge in [-0.15, -0.1) is 0 Å². The largest absolute Gasteiger partial charge is 0.496 e. The Morgan fingerprint density at radius 3 is 2.68 bits per heavy atom.